The first kappa shape index (κ1) is 27.2. The Kier molecular flexibility index (Phi) is 6.77. The predicted molar refractivity (Wildman–Crippen MR) is 139 cm³/mol. The summed E-state index contributed by atoms with van der Waals surface area (Å²) in [6.45, 7) is 2.46. The second kappa shape index (κ2) is 9.69. The lowest BCUT2D eigenvalue weighted by Gasteiger charge is -2.54. The number of allylic oxidation sites excluding steroid dienone is 4. The monoisotopic (exact) mass is 539 g/mol. The van der Waals surface area contributed by atoms with Crippen LogP contribution in [0.2, 0.25) is 0 Å². The fourth-order valence-electron chi connectivity index (χ4n) is 7.92. The van der Waals surface area contributed by atoms with Gasteiger partial charge in [0.1, 0.15) is 0 Å². The van der Waals surface area contributed by atoms with Gasteiger partial charge in [-0.3, -0.25) is 14.4 Å². The summed E-state index contributed by atoms with van der Waals surface area (Å²) in [7, 11) is 0. The number of fused-ring (bicyclic) bond motifs is 4. The molecule has 8 heteroatoms. The summed E-state index contributed by atoms with van der Waals surface area (Å²) in [4.78, 5) is 37.5. The van der Waals surface area contributed by atoms with Crippen LogP contribution in [0.4, 0.5) is 18.9 Å². The quantitative estimate of drug-likeness (QED) is 0.295. The van der Waals surface area contributed by atoms with Gasteiger partial charge in [0.2, 0.25) is 0 Å². The topological polar surface area (TPSA) is 86.5 Å². The van der Waals surface area contributed by atoms with E-state index < -0.39 is 35.4 Å². The maximum absolute atomic E-state index is 13.7. The maximum atomic E-state index is 13.7. The van der Waals surface area contributed by atoms with E-state index >= 15 is 0 Å². The van der Waals surface area contributed by atoms with Crippen molar-refractivity contribution in [2.75, 3.05) is 12.3 Å². The number of carbonyl (C=O) groups is 3. The SMILES string of the molecule is CC(=O)OCC(=O)[C@@]1(C#CC(F)(F)F)CC[C@H]2[C@@H]3CCC4=CC(=O)CCC4=C3[C@@H](c3ccc(N)cc3)C[C@@]21C. The second-order valence-electron chi connectivity index (χ2n) is 11.6. The van der Waals surface area contributed by atoms with Gasteiger partial charge in [-0.1, -0.05) is 30.6 Å². The van der Waals surface area contributed by atoms with Crippen LogP contribution in [-0.2, 0) is 19.1 Å². The Hall–Kier alpha value is -3.34. The van der Waals surface area contributed by atoms with Gasteiger partial charge >= 0.3 is 12.1 Å². The zero-order valence-electron chi connectivity index (χ0n) is 22.1. The molecule has 1 aromatic carbocycles. The highest BCUT2D eigenvalue weighted by Crippen LogP contribution is 2.69. The number of hydrogen-bond acceptors (Lipinski definition) is 5. The lowest BCUT2D eigenvalue weighted by molar-refractivity contribution is -0.150. The molecule has 0 radical (unpaired) electrons. The van der Waals surface area contributed by atoms with Gasteiger partial charge in [0.25, 0.3) is 0 Å². The van der Waals surface area contributed by atoms with E-state index in [-0.39, 0.29) is 30.0 Å². The van der Waals surface area contributed by atoms with E-state index in [1.54, 1.807) is 6.08 Å². The molecule has 0 saturated heterocycles. The van der Waals surface area contributed by atoms with Crippen molar-refractivity contribution in [3.63, 3.8) is 0 Å². The molecule has 5 rings (SSSR count). The number of hydrogen-bond donors (Lipinski definition) is 1. The number of nitrogen functional groups attached to an aromatic ring is 1. The molecule has 0 aliphatic heterocycles. The predicted octanol–water partition coefficient (Wildman–Crippen LogP) is 5.85. The second-order valence-corrected chi connectivity index (χ2v) is 11.6. The molecule has 2 saturated carbocycles. The fraction of sp³-hybridized carbons (Fsp3) is 0.516. The molecule has 0 heterocycles. The van der Waals surface area contributed by atoms with E-state index in [0.717, 1.165) is 24.0 Å². The zero-order valence-corrected chi connectivity index (χ0v) is 22.1. The fourth-order valence-corrected chi connectivity index (χ4v) is 7.92. The highest BCUT2D eigenvalue weighted by Gasteiger charge is 2.65. The van der Waals surface area contributed by atoms with Gasteiger partial charge < -0.3 is 10.5 Å². The molecule has 5 nitrogen and oxygen atoms in total. The number of Topliss-reactive ketones (excluding diaryl/α,β-unsaturated/α-hetero) is 1. The number of ether oxygens (including phenoxy) is 1. The molecular formula is C31H32F3NO4. The first-order valence-corrected chi connectivity index (χ1v) is 13.4. The maximum Gasteiger partial charge on any atom is 0.457 e. The molecule has 4 aliphatic carbocycles. The highest BCUT2D eigenvalue weighted by atomic mass is 19.4. The zero-order chi connectivity index (χ0) is 28.2. The molecule has 0 bridgehead atoms. The first-order valence-electron chi connectivity index (χ1n) is 13.4. The number of rotatable bonds is 4. The Morgan fingerprint density at radius 2 is 1.85 bits per heavy atom. The molecule has 0 spiro atoms. The van der Waals surface area contributed by atoms with Crippen molar-refractivity contribution in [2.24, 2.45) is 22.7 Å². The summed E-state index contributed by atoms with van der Waals surface area (Å²) in [6.07, 6.45) is 0.685. The van der Waals surface area contributed by atoms with Gasteiger partial charge in [0, 0.05) is 30.9 Å². The number of ketones is 2. The third-order valence-corrected chi connectivity index (χ3v) is 9.57. The van der Waals surface area contributed by atoms with Crippen LogP contribution < -0.4 is 5.73 Å². The minimum atomic E-state index is -4.76. The summed E-state index contributed by atoms with van der Waals surface area (Å²) >= 11 is 0. The Labute approximate surface area is 226 Å². The molecule has 5 atom stereocenters. The molecule has 0 unspecified atom stereocenters. The molecule has 0 aromatic heterocycles. The van der Waals surface area contributed by atoms with Gasteiger partial charge in [-0.15, -0.1) is 0 Å². The standard InChI is InChI=1S/C31H32F3NO4/c1-18(36)39-17-27(38)30(13-14-31(32,33)34)12-11-26-24-9-5-20-15-22(37)8-10-23(20)28(24)25(16-29(26,30)2)19-3-6-21(35)7-4-19/h3-4,6-7,15,24-26H,5,8-12,16-17,35H2,1-2H3/t24-,25+,26-,29-,30-/m0/s1. The summed E-state index contributed by atoms with van der Waals surface area (Å²) < 4.78 is 45.4. The minimum Gasteiger partial charge on any atom is -0.458 e. The average molecular weight is 540 g/mol. The normalized spacial score (nSPS) is 31.8. The average Bonchev–Trinajstić information content (AvgIpc) is 3.18. The van der Waals surface area contributed by atoms with Crippen molar-refractivity contribution in [1.82, 2.24) is 0 Å². The van der Waals surface area contributed by atoms with Crippen LogP contribution in [0.25, 0.3) is 0 Å². The molecule has 2 fully saturated rings. The Morgan fingerprint density at radius 1 is 1.13 bits per heavy atom. The molecule has 4 aliphatic rings. The molecule has 2 N–H and O–H groups in total. The number of benzene rings is 1. The van der Waals surface area contributed by atoms with Gasteiger partial charge in [-0.25, -0.2) is 0 Å². The number of nitrogens with two attached hydrogens (primary N) is 1. The van der Waals surface area contributed by atoms with E-state index in [1.165, 1.54) is 24.0 Å². The van der Waals surface area contributed by atoms with Gasteiger partial charge in [0.15, 0.2) is 18.2 Å². The number of alkyl halides is 3. The van der Waals surface area contributed by atoms with Crippen molar-refractivity contribution < 1.29 is 32.3 Å². The highest BCUT2D eigenvalue weighted by molar-refractivity contribution is 5.93. The molecule has 206 valence electrons. The van der Waals surface area contributed by atoms with Crippen molar-refractivity contribution in [1.29, 1.82) is 0 Å². The Morgan fingerprint density at radius 3 is 2.51 bits per heavy atom. The van der Waals surface area contributed by atoms with E-state index in [4.69, 9.17) is 10.5 Å². The number of esters is 1. The molecular weight excluding hydrogens is 507 g/mol. The summed E-state index contributed by atoms with van der Waals surface area (Å²) in [5.74, 6) is 2.53. The van der Waals surface area contributed by atoms with Crippen LogP contribution in [0.1, 0.15) is 70.3 Å². The van der Waals surface area contributed by atoms with Crippen molar-refractivity contribution in [3.05, 3.63) is 52.6 Å². The summed E-state index contributed by atoms with van der Waals surface area (Å²) in [5, 5.41) is 0. The summed E-state index contributed by atoms with van der Waals surface area (Å²) in [5.41, 5.74) is 8.56. The van der Waals surface area contributed by atoms with Crippen LogP contribution in [0.5, 0.6) is 0 Å². The van der Waals surface area contributed by atoms with Crippen molar-refractivity contribution in [2.45, 2.75) is 70.9 Å². The van der Waals surface area contributed by atoms with Crippen LogP contribution in [0, 0.1) is 34.5 Å². The van der Waals surface area contributed by atoms with E-state index in [9.17, 15) is 27.6 Å². The van der Waals surface area contributed by atoms with E-state index in [2.05, 4.69) is 5.92 Å². The van der Waals surface area contributed by atoms with E-state index in [0.29, 0.717) is 31.4 Å². The van der Waals surface area contributed by atoms with Crippen LogP contribution >= 0.6 is 0 Å². The van der Waals surface area contributed by atoms with Crippen molar-refractivity contribution >= 4 is 23.2 Å². The van der Waals surface area contributed by atoms with Crippen LogP contribution in [-0.4, -0.2) is 30.3 Å². The first-order chi connectivity index (χ1) is 18.3. The number of halogens is 3. The van der Waals surface area contributed by atoms with Gasteiger partial charge in [-0.05, 0) is 90.7 Å². The number of anilines is 1. The molecule has 39 heavy (non-hydrogen) atoms. The lowest BCUT2D eigenvalue weighted by Crippen LogP contribution is -2.51. The molecule has 0 amide bonds. The minimum absolute atomic E-state index is 0.0442. The van der Waals surface area contributed by atoms with E-state index in [1.807, 2.05) is 31.2 Å². The number of carbonyl (C=O) groups excluding carboxylic acids is 3. The summed E-state index contributed by atoms with van der Waals surface area (Å²) in [6, 6.07) is 7.51. The Balaban J connectivity index is 1.69. The van der Waals surface area contributed by atoms with Crippen LogP contribution in [0.15, 0.2) is 47.1 Å². The van der Waals surface area contributed by atoms with Gasteiger partial charge in [0.05, 0.1) is 5.41 Å². The van der Waals surface area contributed by atoms with Crippen molar-refractivity contribution in [3.8, 4) is 11.8 Å². The largest absolute Gasteiger partial charge is 0.458 e. The Bertz CT molecular complexity index is 1350. The third-order valence-electron chi connectivity index (χ3n) is 9.57. The third kappa shape index (κ3) is 4.70. The molecule has 1 aromatic rings. The van der Waals surface area contributed by atoms with Gasteiger partial charge in [-0.2, -0.15) is 13.2 Å². The smallest absolute Gasteiger partial charge is 0.457 e. The van der Waals surface area contributed by atoms with Crippen LogP contribution in [0.3, 0.4) is 0 Å². The lowest BCUT2D eigenvalue weighted by atomic mass is 9.48.